The van der Waals surface area contributed by atoms with Gasteiger partial charge in [-0.05, 0) is 0 Å². The van der Waals surface area contributed by atoms with Gasteiger partial charge < -0.3 is 0 Å². The minimum Gasteiger partial charge on any atom is -0.228 e. The molecule has 0 radical (unpaired) electrons. The standard InChI is InChI=1S/C10Cl6F12/c11-1-2(17,7(21,22)5(16,18)4(14,15)3(1,12)13)8(23,24)10(27,28)9(25,26)6(1,19)20. The van der Waals surface area contributed by atoms with Crippen LogP contribution in [0.15, 0.2) is 0 Å². The highest BCUT2D eigenvalue weighted by molar-refractivity contribution is 6.68. The Kier molecular flexibility index (Phi) is 4.89. The Labute approximate surface area is 176 Å². The van der Waals surface area contributed by atoms with Crippen LogP contribution in [0, 0.1) is 0 Å². The van der Waals surface area contributed by atoms with Crippen molar-refractivity contribution >= 4 is 69.6 Å². The quantitative estimate of drug-likeness (QED) is 0.218. The first-order valence-electron chi connectivity index (χ1n) is 6.15. The Morgan fingerprint density at radius 1 is 0.357 bits per heavy atom. The van der Waals surface area contributed by atoms with Crippen molar-refractivity contribution in [3.8, 4) is 0 Å². The summed E-state index contributed by atoms with van der Waals surface area (Å²) in [6, 6.07) is 0. The number of fused-ring (bicyclic) bond motifs is 1. The van der Waals surface area contributed by atoms with Gasteiger partial charge in [0.05, 0.1) is 0 Å². The van der Waals surface area contributed by atoms with Crippen molar-refractivity contribution in [2.45, 2.75) is 54.0 Å². The van der Waals surface area contributed by atoms with E-state index in [4.69, 9.17) is 58.0 Å². The molecule has 2 saturated carbocycles. The molecule has 0 N–H and O–H groups in total. The Morgan fingerprint density at radius 2 is 0.679 bits per heavy atom. The summed E-state index contributed by atoms with van der Waals surface area (Å²) >= 11 is 29.2. The summed E-state index contributed by atoms with van der Waals surface area (Å²) in [7, 11) is 0. The van der Waals surface area contributed by atoms with Gasteiger partial charge in [-0.15, -0.1) is 11.6 Å². The molecule has 0 aromatic heterocycles. The second-order valence-corrected chi connectivity index (χ2v) is 9.65. The van der Waals surface area contributed by atoms with Gasteiger partial charge in [0, 0.05) is 0 Å². The molecule has 0 amide bonds. The number of halogens is 18. The summed E-state index contributed by atoms with van der Waals surface area (Å²) in [5.74, 6) is -36.7. The molecule has 2 aliphatic carbocycles. The number of hydrogen-bond acceptors (Lipinski definition) is 0. The summed E-state index contributed by atoms with van der Waals surface area (Å²) in [5.41, 5.74) is -7.17. The van der Waals surface area contributed by atoms with Crippen LogP contribution >= 0.6 is 69.6 Å². The van der Waals surface area contributed by atoms with E-state index < -0.39 is 54.0 Å². The molecule has 18 heteroatoms. The maximum absolute atomic E-state index is 15.1. The van der Waals surface area contributed by atoms with Crippen molar-refractivity contribution in [1.82, 2.24) is 0 Å². The molecule has 2 aliphatic rings. The van der Waals surface area contributed by atoms with Gasteiger partial charge in [0.15, 0.2) is 9.21 Å². The molecule has 3 unspecified atom stereocenters. The highest BCUT2D eigenvalue weighted by atomic mass is 35.5. The van der Waals surface area contributed by atoms with Crippen LogP contribution in [-0.4, -0.2) is 54.0 Å². The molecule has 0 nitrogen and oxygen atoms in total. The highest BCUT2D eigenvalue weighted by Gasteiger charge is 3.10. The molecule has 0 aromatic carbocycles. The predicted molar refractivity (Wildman–Crippen MR) is 75.7 cm³/mol. The number of hydrogen-bond donors (Lipinski definition) is 0. The number of rotatable bonds is 0. The summed E-state index contributed by atoms with van der Waals surface area (Å²) in [5, 5.41) is -5.75. The monoisotopic (exact) mass is 558 g/mol. The molecular weight excluding hydrogens is 561 g/mol. The summed E-state index contributed by atoms with van der Waals surface area (Å²) in [6.07, 6.45) is 0. The van der Waals surface area contributed by atoms with E-state index in [1.807, 2.05) is 0 Å². The van der Waals surface area contributed by atoms with E-state index in [2.05, 4.69) is 11.6 Å². The largest absolute Gasteiger partial charge is 0.381 e. The minimum absolute atomic E-state index is 4.54. The number of alkyl halides is 18. The average molecular weight is 561 g/mol. The molecule has 0 saturated heterocycles. The minimum atomic E-state index is -7.59. The van der Waals surface area contributed by atoms with Crippen LogP contribution in [0.25, 0.3) is 0 Å². The van der Waals surface area contributed by atoms with Crippen LogP contribution in [0.5, 0.6) is 0 Å². The smallest absolute Gasteiger partial charge is 0.228 e. The molecule has 2 rings (SSSR count). The first-order chi connectivity index (χ1) is 11.8. The molecule has 0 aromatic rings. The first kappa shape index (κ1) is 25.2. The van der Waals surface area contributed by atoms with Crippen LogP contribution in [0.3, 0.4) is 0 Å². The topological polar surface area (TPSA) is 0 Å². The summed E-state index contributed by atoms with van der Waals surface area (Å²) < 4.78 is 160. The van der Waals surface area contributed by atoms with Gasteiger partial charge >= 0.3 is 29.6 Å². The van der Waals surface area contributed by atoms with E-state index in [1.165, 1.54) is 0 Å². The van der Waals surface area contributed by atoms with Gasteiger partial charge in [-0.2, -0.15) is 43.9 Å². The van der Waals surface area contributed by atoms with Crippen molar-refractivity contribution < 1.29 is 52.7 Å². The third-order valence-electron chi connectivity index (χ3n) is 4.57. The van der Waals surface area contributed by atoms with Crippen molar-refractivity contribution in [3.05, 3.63) is 0 Å². The van der Waals surface area contributed by atoms with Crippen LogP contribution < -0.4 is 0 Å². The van der Waals surface area contributed by atoms with Crippen molar-refractivity contribution in [1.29, 1.82) is 0 Å². The maximum atomic E-state index is 15.1. The summed E-state index contributed by atoms with van der Waals surface area (Å²) in [6.45, 7) is 0. The fourth-order valence-electron chi connectivity index (χ4n) is 2.91. The van der Waals surface area contributed by atoms with Gasteiger partial charge in [-0.1, -0.05) is 58.0 Å². The van der Waals surface area contributed by atoms with E-state index in [-0.39, 0.29) is 0 Å². The third kappa shape index (κ3) is 1.81. The van der Waals surface area contributed by atoms with Crippen LogP contribution in [0.2, 0.25) is 0 Å². The van der Waals surface area contributed by atoms with Crippen LogP contribution in [-0.2, 0) is 0 Å². The first-order valence-corrected chi connectivity index (χ1v) is 8.42. The zero-order chi connectivity index (χ0) is 23.0. The van der Waals surface area contributed by atoms with E-state index >= 15 is 4.39 Å². The molecule has 2 fully saturated rings. The fourth-order valence-corrected chi connectivity index (χ4v) is 5.16. The van der Waals surface area contributed by atoms with Gasteiger partial charge in [0.2, 0.25) is 4.33 Å². The zero-order valence-electron chi connectivity index (χ0n) is 11.8. The molecule has 0 heterocycles. The van der Waals surface area contributed by atoms with E-state index in [9.17, 15) is 48.3 Å². The fraction of sp³-hybridized carbons (Fsp3) is 1.00. The van der Waals surface area contributed by atoms with Crippen LogP contribution in [0.4, 0.5) is 52.7 Å². The lowest BCUT2D eigenvalue weighted by molar-refractivity contribution is -0.469. The predicted octanol–water partition coefficient (Wildman–Crippen LogP) is 7.13. The highest BCUT2D eigenvalue weighted by Crippen LogP contribution is 2.83. The lowest BCUT2D eigenvalue weighted by atomic mass is 9.58. The second kappa shape index (κ2) is 5.44. The van der Waals surface area contributed by atoms with E-state index in [0.717, 1.165) is 0 Å². The molecular formula is C10Cl6F12. The summed E-state index contributed by atoms with van der Waals surface area (Å²) in [4.78, 5) is -6.16. The third-order valence-corrected chi connectivity index (χ3v) is 8.87. The van der Waals surface area contributed by atoms with Gasteiger partial charge in [-0.25, -0.2) is 8.78 Å². The lowest BCUT2D eigenvalue weighted by Gasteiger charge is -2.67. The van der Waals surface area contributed by atoms with Crippen LogP contribution in [0.1, 0.15) is 0 Å². The average Bonchev–Trinajstić information content (AvgIpc) is 2.49. The normalized spacial score (nSPS) is 46.5. The molecule has 3 atom stereocenters. The maximum Gasteiger partial charge on any atom is 0.381 e. The van der Waals surface area contributed by atoms with Crippen molar-refractivity contribution in [2.75, 3.05) is 0 Å². The van der Waals surface area contributed by atoms with Crippen molar-refractivity contribution in [3.63, 3.8) is 0 Å². The zero-order valence-corrected chi connectivity index (χ0v) is 16.3. The molecule has 0 bridgehead atoms. The Balaban J connectivity index is 3.23. The van der Waals surface area contributed by atoms with Gasteiger partial charge in [0.1, 0.15) is 0 Å². The lowest BCUT2D eigenvalue weighted by Crippen LogP contribution is -2.97. The van der Waals surface area contributed by atoms with E-state index in [1.54, 1.807) is 0 Å². The Morgan fingerprint density at radius 3 is 1.04 bits per heavy atom. The molecule has 166 valence electrons. The van der Waals surface area contributed by atoms with E-state index in [0.29, 0.717) is 0 Å². The molecule has 0 aliphatic heterocycles. The van der Waals surface area contributed by atoms with Gasteiger partial charge in [0.25, 0.3) is 10.8 Å². The van der Waals surface area contributed by atoms with Gasteiger partial charge in [-0.3, -0.25) is 0 Å². The molecule has 0 spiro atoms. The second-order valence-electron chi connectivity index (χ2n) is 5.91. The Bertz CT molecular complexity index is 604. The SMILES string of the molecule is FC1(F)C(F)(F)C(F)(F)C2(Cl)C(Cl)(Cl)C(Cl)(Cl)C(F)(Cl)C(F)(F)C2(F)C1(F)F. The molecule has 28 heavy (non-hydrogen) atoms. The Hall–Kier alpha value is 0.900. The van der Waals surface area contributed by atoms with Crippen molar-refractivity contribution in [2.24, 2.45) is 0 Å².